The molecule has 1 aromatic heterocycles. The van der Waals surface area contributed by atoms with Gasteiger partial charge in [-0.2, -0.15) is 0 Å². The van der Waals surface area contributed by atoms with Crippen LogP contribution in [0.5, 0.6) is 0 Å². The van der Waals surface area contributed by atoms with Crippen LogP contribution in [0.2, 0.25) is 5.02 Å². The van der Waals surface area contributed by atoms with Gasteiger partial charge in [0.15, 0.2) is 11.7 Å². The molecule has 2 N–H and O–H groups in total. The van der Waals surface area contributed by atoms with Crippen molar-refractivity contribution in [2.45, 2.75) is 39.2 Å². The molecule has 0 aliphatic carbocycles. The molecule has 0 bridgehead atoms. The molecule has 0 unspecified atom stereocenters. The molecular formula is C18H25ClN4O. The summed E-state index contributed by atoms with van der Waals surface area (Å²) in [5, 5.41) is 11.4. The Balaban J connectivity index is 1.71. The maximum atomic E-state index is 6.16. The third-order valence-corrected chi connectivity index (χ3v) is 4.06. The number of aryl methyl sites for hydroxylation is 1. The Morgan fingerprint density at radius 2 is 2.08 bits per heavy atom. The first-order chi connectivity index (χ1) is 11.6. The van der Waals surface area contributed by atoms with E-state index in [-0.39, 0.29) is 0 Å². The topological polar surface area (TPSA) is 62.5 Å². The number of nitrogens with one attached hydrogen (secondary N) is 2. The van der Waals surface area contributed by atoms with E-state index in [0.29, 0.717) is 12.5 Å². The first kappa shape index (κ1) is 18.3. The van der Waals surface area contributed by atoms with E-state index < -0.39 is 0 Å². The van der Waals surface area contributed by atoms with Crippen molar-refractivity contribution in [3.05, 3.63) is 52.4 Å². The SMILES string of the molecule is CN=C(NCCCc1ccccc1Cl)NCc1cc(C(C)C)no1. The summed E-state index contributed by atoms with van der Waals surface area (Å²) in [5.74, 6) is 1.92. The Kier molecular flexibility index (Phi) is 7.12. The van der Waals surface area contributed by atoms with Gasteiger partial charge in [0.25, 0.3) is 0 Å². The average molecular weight is 349 g/mol. The fourth-order valence-electron chi connectivity index (χ4n) is 2.26. The molecule has 2 rings (SSSR count). The highest BCUT2D eigenvalue weighted by Crippen LogP contribution is 2.16. The smallest absolute Gasteiger partial charge is 0.191 e. The summed E-state index contributed by atoms with van der Waals surface area (Å²) >= 11 is 6.16. The van der Waals surface area contributed by atoms with Crippen LogP contribution in [0, 0.1) is 0 Å². The Labute approximate surface area is 148 Å². The van der Waals surface area contributed by atoms with Crippen molar-refractivity contribution in [1.82, 2.24) is 15.8 Å². The molecule has 5 nitrogen and oxygen atoms in total. The summed E-state index contributed by atoms with van der Waals surface area (Å²) in [6, 6.07) is 9.92. The number of aliphatic imine (C=N–C) groups is 1. The molecule has 24 heavy (non-hydrogen) atoms. The van der Waals surface area contributed by atoms with Crippen molar-refractivity contribution in [2.75, 3.05) is 13.6 Å². The van der Waals surface area contributed by atoms with Crippen LogP contribution in [0.4, 0.5) is 0 Å². The van der Waals surface area contributed by atoms with Crippen LogP contribution in [-0.4, -0.2) is 24.7 Å². The Hall–Kier alpha value is -2.01. The molecule has 2 aromatic rings. The number of benzene rings is 1. The highest BCUT2D eigenvalue weighted by Gasteiger charge is 2.08. The lowest BCUT2D eigenvalue weighted by atomic mass is 10.1. The number of nitrogens with zero attached hydrogens (tertiary/aromatic N) is 2. The van der Waals surface area contributed by atoms with Gasteiger partial charge in [-0.25, -0.2) is 0 Å². The number of guanidine groups is 1. The van der Waals surface area contributed by atoms with Crippen LogP contribution in [0.15, 0.2) is 39.8 Å². The van der Waals surface area contributed by atoms with Crippen LogP contribution in [0.25, 0.3) is 0 Å². The van der Waals surface area contributed by atoms with E-state index in [1.807, 2.05) is 24.3 Å². The zero-order valence-corrected chi connectivity index (χ0v) is 15.2. The number of aromatic nitrogens is 1. The van der Waals surface area contributed by atoms with Gasteiger partial charge in [0, 0.05) is 24.7 Å². The second kappa shape index (κ2) is 9.33. The molecule has 0 atom stereocenters. The van der Waals surface area contributed by atoms with E-state index in [4.69, 9.17) is 16.1 Å². The molecule has 0 spiro atoms. The number of halogens is 1. The Bertz CT molecular complexity index is 667. The van der Waals surface area contributed by atoms with Gasteiger partial charge >= 0.3 is 0 Å². The lowest BCUT2D eigenvalue weighted by molar-refractivity contribution is 0.372. The molecule has 0 radical (unpaired) electrons. The monoisotopic (exact) mass is 348 g/mol. The summed E-state index contributed by atoms with van der Waals surface area (Å²) in [7, 11) is 1.75. The Morgan fingerprint density at radius 1 is 1.29 bits per heavy atom. The number of hydrogen-bond donors (Lipinski definition) is 2. The summed E-state index contributed by atoms with van der Waals surface area (Å²) in [6.45, 7) is 5.56. The first-order valence-electron chi connectivity index (χ1n) is 8.23. The average Bonchev–Trinajstić information content (AvgIpc) is 3.05. The first-order valence-corrected chi connectivity index (χ1v) is 8.61. The van der Waals surface area contributed by atoms with E-state index in [0.717, 1.165) is 41.8 Å². The van der Waals surface area contributed by atoms with Gasteiger partial charge in [-0.15, -0.1) is 0 Å². The van der Waals surface area contributed by atoms with Crippen LogP contribution in [0.3, 0.4) is 0 Å². The molecular weight excluding hydrogens is 324 g/mol. The van der Waals surface area contributed by atoms with E-state index >= 15 is 0 Å². The van der Waals surface area contributed by atoms with Crippen molar-refractivity contribution in [3.8, 4) is 0 Å². The van der Waals surface area contributed by atoms with Crippen molar-refractivity contribution >= 4 is 17.6 Å². The zero-order valence-electron chi connectivity index (χ0n) is 14.5. The van der Waals surface area contributed by atoms with E-state index in [9.17, 15) is 0 Å². The van der Waals surface area contributed by atoms with Crippen LogP contribution in [-0.2, 0) is 13.0 Å². The van der Waals surface area contributed by atoms with Gasteiger partial charge < -0.3 is 15.2 Å². The van der Waals surface area contributed by atoms with Gasteiger partial charge in [0.05, 0.1) is 12.2 Å². The second-order valence-electron chi connectivity index (χ2n) is 5.92. The summed E-state index contributed by atoms with van der Waals surface area (Å²) in [5.41, 5.74) is 2.14. The van der Waals surface area contributed by atoms with Crippen molar-refractivity contribution in [2.24, 2.45) is 4.99 Å². The van der Waals surface area contributed by atoms with Crippen LogP contribution >= 0.6 is 11.6 Å². The molecule has 1 aromatic carbocycles. The molecule has 0 fully saturated rings. The molecule has 1 heterocycles. The summed E-state index contributed by atoms with van der Waals surface area (Å²) in [6.07, 6.45) is 1.91. The predicted molar refractivity (Wildman–Crippen MR) is 98.6 cm³/mol. The summed E-state index contributed by atoms with van der Waals surface area (Å²) in [4.78, 5) is 4.21. The normalized spacial score (nSPS) is 11.8. The highest BCUT2D eigenvalue weighted by molar-refractivity contribution is 6.31. The van der Waals surface area contributed by atoms with E-state index in [2.05, 4.69) is 40.7 Å². The third kappa shape index (κ3) is 5.57. The van der Waals surface area contributed by atoms with E-state index in [1.54, 1.807) is 7.05 Å². The largest absolute Gasteiger partial charge is 0.359 e. The van der Waals surface area contributed by atoms with Gasteiger partial charge in [-0.1, -0.05) is 48.8 Å². The number of rotatable bonds is 7. The van der Waals surface area contributed by atoms with Crippen LogP contribution < -0.4 is 10.6 Å². The van der Waals surface area contributed by atoms with Gasteiger partial charge in [-0.3, -0.25) is 4.99 Å². The van der Waals surface area contributed by atoms with Crippen molar-refractivity contribution in [1.29, 1.82) is 0 Å². The maximum Gasteiger partial charge on any atom is 0.191 e. The molecule has 130 valence electrons. The third-order valence-electron chi connectivity index (χ3n) is 3.70. The highest BCUT2D eigenvalue weighted by atomic mass is 35.5. The lowest BCUT2D eigenvalue weighted by Gasteiger charge is -2.11. The minimum Gasteiger partial charge on any atom is -0.359 e. The molecule has 6 heteroatoms. The van der Waals surface area contributed by atoms with E-state index in [1.165, 1.54) is 5.56 Å². The molecule has 0 aliphatic heterocycles. The fraction of sp³-hybridized carbons (Fsp3) is 0.444. The predicted octanol–water partition coefficient (Wildman–Crippen LogP) is 3.75. The molecule has 0 amide bonds. The standard InChI is InChI=1S/C18H25ClN4O/c1-13(2)17-11-15(24-23-17)12-22-18(20-3)21-10-6-8-14-7-4-5-9-16(14)19/h4-5,7,9,11,13H,6,8,10,12H2,1-3H3,(H2,20,21,22). The van der Waals surface area contributed by atoms with Crippen LogP contribution in [0.1, 0.15) is 43.2 Å². The van der Waals surface area contributed by atoms with Gasteiger partial charge in [0.2, 0.25) is 0 Å². The zero-order chi connectivity index (χ0) is 17.4. The molecule has 0 aliphatic rings. The quantitative estimate of drug-likeness (QED) is 0.454. The minimum absolute atomic E-state index is 0.366. The van der Waals surface area contributed by atoms with Crippen molar-refractivity contribution in [3.63, 3.8) is 0 Å². The lowest BCUT2D eigenvalue weighted by Crippen LogP contribution is -2.37. The fourth-order valence-corrected chi connectivity index (χ4v) is 2.49. The molecule has 0 saturated carbocycles. The van der Waals surface area contributed by atoms with Crippen molar-refractivity contribution < 1.29 is 4.52 Å². The van der Waals surface area contributed by atoms with Gasteiger partial charge in [-0.05, 0) is 30.4 Å². The molecule has 0 saturated heterocycles. The second-order valence-corrected chi connectivity index (χ2v) is 6.33. The summed E-state index contributed by atoms with van der Waals surface area (Å²) < 4.78 is 5.31. The van der Waals surface area contributed by atoms with Gasteiger partial charge in [0.1, 0.15) is 0 Å². The minimum atomic E-state index is 0.366. The Morgan fingerprint density at radius 3 is 2.75 bits per heavy atom. The maximum absolute atomic E-state index is 6.16. The number of hydrogen-bond acceptors (Lipinski definition) is 3.